The molecule has 2 heterocycles. The SMILES string of the molecule is CC1(C)CC(NC(=O)C(=O)NC2CC(C)(C)[N+](=O)C(C)(C)C2)CC(C)(C)N1O. The molecule has 2 aliphatic rings. The molecule has 0 aromatic rings. The Bertz CT molecular complexity index is 631. The Morgan fingerprint density at radius 3 is 1.46 bits per heavy atom. The van der Waals surface area contributed by atoms with Crippen molar-refractivity contribution in [2.24, 2.45) is 0 Å². The molecule has 2 amide bonds. The summed E-state index contributed by atoms with van der Waals surface area (Å²) < 4.78 is 1.09. The van der Waals surface area contributed by atoms with Gasteiger partial charge < -0.3 is 15.8 Å². The maximum Gasteiger partial charge on any atom is 0.309 e. The van der Waals surface area contributed by atoms with Gasteiger partial charge in [-0.2, -0.15) is 5.06 Å². The minimum Gasteiger partial charge on any atom is -0.345 e. The van der Waals surface area contributed by atoms with E-state index in [0.717, 1.165) is 4.76 Å². The van der Waals surface area contributed by atoms with Crippen molar-refractivity contribution in [3.63, 3.8) is 0 Å². The fourth-order valence-corrected chi connectivity index (χ4v) is 5.24. The Morgan fingerprint density at radius 2 is 1.11 bits per heavy atom. The van der Waals surface area contributed by atoms with Crippen LogP contribution in [-0.2, 0) is 9.59 Å². The molecule has 0 spiro atoms. The van der Waals surface area contributed by atoms with Crippen molar-refractivity contribution in [1.82, 2.24) is 15.7 Å². The van der Waals surface area contributed by atoms with Gasteiger partial charge in [0.15, 0.2) is 0 Å². The Morgan fingerprint density at radius 1 is 0.786 bits per heavy atom. The van der Waals surface area contributed by atoms with E-state index < -0.39 is 34.0 Å². The van der Waals surface area contributed by atoms with E-state index in [-0.39, 0.29) is 12.1 Å². The van der Waals surface area contributed by atoms with E-state index in [1.54, 1.807) is 0 Å². The van der Waals surface area contributed by atoms with Gasteiger partial charge in [-0.15, -0.1) is 0 Å². The van der Waals surface area contributed by atoms with E-state index in [1.165, 1.54) is 5.06 Å². The Kier molecular flexibility index (Phi) is 5.73. The zero-order valence-corrected chi connectivity index (χ0v) is 18.5. The Hall–Kier alpha value is -1.54. The fourth-order valence-electron chi connectivity index (χ4n) is 5.24. The molecule has 0 atom stereocenters. The van der Waals surface area contributed by atoms with Crippen LogP contribution in [0.2, 0.25) is 0 Å². The van der Waals surface area contributed by atoms with Gasteiger partial charge in [0.05, 0.1) is 0 Å². The molecule has 0 unspecified atom stereocenters. The van der Waals surface area contributed by atoms with Gasteiger partial charge >= 0.3 is 11.8 Å². The summed E-state index contributed by atoms with van der Waals surface area (Å²) in [6, 6.07) is -0.441. The number of piperidine rings is 2. The van der Waals surface area contributed by atoms with Crippen LogP contribution in [0.1, 0.15) is 81.1 Å². The van der Waals surface area contributed by atoms with E-state index in [2.05, 4.69) is 10.6 Å². The van der Waals surface area contributed by atoms with Crippen molar-refractivity contribution in [3.05, 3.63) is 4.91 Å². The number of nitrogens with one attached hydrogen (secondary N) is 2. The summed E-state index contributed by atoms with van der Waals surface area (Å²) in [5.74, 6) is -1.33. The first-order chi connectivity index (χ1) is 12.5. The highest BCUT2D eigenvalue weighted by atomic mass is 16.5. The zero-order valence-electron chi connectivity index (χ0n) is 18.5. The van der Waals surface area contributed by atoms with Crippen LogP contribution in [0.3, 0.4) is 0 Å². The average Bonchev–Trinajstić information content (AvgIpc) is 2.49. The van der Waals surface area contributed by atoms with Crippen molar-refractivity contribution in [3.8, 4) is 0 Å². The van der Waals surface area contributed by atoms with Gasteiger partial charge in [0.25, 0.3) is 0 Å². The number of hydrogen-bond acceptors (Lipinski definition) is 5. The molecule has 2 aliphatic heterocycles. The summed E-state index contributed by atoms with van der Waals surface area (Å²) in [6.45, 7) is 15.1. The van der Waals surface area contributed by atoms with E-state index in [0.29, 0.717) is 25.7 Å². The van der Waals surface area contributed by atoms with E-state index in [1.807, 2.05) is 55.4 Å². The first-order valence-electron chi connectivity index (χ1n) is 10.1. The van der Waals surface area contributed by atoms with Crippen molar-refractivity contribution in [2.75, 3.05) is 0 Å². The van der Waals surface area contributed by atoms with E-state index in [9.17, 15) is 19.7 Å². The molecule has 2 fully saturated rings. The molecule has 2 rings (SSSR count). The molecule has 0 bridgehead atoms. The smallest absolute Gasteiger partial charge is 0.309 e. The third-order valence-electron chi connectivity index (χ3n) is 6.11. The van der Waals surface area contributed by atoms with Crippen molar-refractivity contribution in [2.45, 2.75) is 115 Å². The standard InChI is InChI=1S/C20H36N4O4/c1-17(2)9-13(10-18(3,4)23(17)27)21-15(25)16(26)22-14-11-19(5,6)24(28)20(7,8)12-14/h13-14,27H,9-12H2,1-8H3,(H-,21,22,25,26)/p+1. The second-order valence-corrected chi connectivity index (χ2v) is 11.0. The second-order valence-electron chi connectivity index (χ2n) is 11.0. The predicted octanol–water partition coefficient (Wildman–Crippen LogP) is 2.13. The summed E-state index contributed by atoms with van der Waals surface area (Å²) in [6.07, 6.45) is 2.06. The highest BCUT2D eigenvalue weighted by Crippen LogP contribution is 2.37. The van der Waals surface area contributed by atoms with Crippen molar-refractivity contribution >= 4 is 11.8 Å². The molecule has 0 aromatic carbocycles. The van der Waals surface area contributed by atoms with Gasteiger partial charge in [-0.25, -0.2) is 0 Å². The number of carbonyl (C=O) groups excluding carboxylic acids is 2. The molecular weight excluding hydrogens is 360 g/mol. The largest absolute Gasteiger partial charge is 0.345 e. The monoisotopic (exact) mass is 397 g/mol. The van der Waals surface area contributed by atoms with Gasteiger partial charge in [0.1, 0.15) is 0 Å². The van der Waals surface area contributed by atoms with Crippen LogP contribution in [0.4, 0.5) is 0 Å². The number of amides is 2. The predicted molar refractivity (Wildman–Crippen MR) is 106 cm³/mol. The minimum atomic E-state index is -0.669. The van der Waals surface area contributed by atoms with Crippen LogP contribution in [-0.4, -0.2) is 61.1 Å². The summed E-state index contributed by atoms with van der Waals surface area (Å²) >= 11 is 0. The van der Waals surface area contributed by atoms with Crippen LogP contribution >= 0.6 is 0 Å². The first-order valence-corrected chi connectivity index (χ1v) is 10.1. The van der Waals surface area contributed by atoms with Crippen LogP contribution < -0.4 is 10.6 Å². The Labute approximate surface area is 167 Å². The van der Waals surface area contributed by atoms with E-state index in [4.69, 9.17) is 0 Å². The number of carbonyl (C=O) groups is 2. The van der Waals surface area contributed by atoms with Crippen molar-refractivity contribution in [1.29, 1.82) is 0 Å². The van der Waals surface area contributed by atoms with Crippen LogP contribution in [0.25, 0.3) is 0 Å². The molecule has 8 heteroatoms. The number of rotatable bonds is 2. The summed E-state index contributed by atoms with van der Waals surface area (Å²) in [5.41, 5.74) is -2.24. The molecule has 3 N–H and O–H groups in total. The lowest BCUT2D eigenvalue weighted by molar-refractivity contribution is -0.693. The quantitative estimate of drug-likeness (QED) is 0.489. The molecule has 28 heavy (non-hydrogen) atoms. The van der Waals surface area contributed by atoms with Gasteiger partial charge in [-0.3, -0.25) is 9.59 Å². The Balaban J connectivity index is 2.00. The number of nitrogens with zero attached hydrogens (tertiary/aromatic N) is 2. The van der Waals surface area contributed by atoms with Crippen LogP contribution in [0.15, 0.2) is 0 Å². The fraction of sp³-hybridized carbons (Fsp3) is 0.900. The highest BCUT2D eigenvalue weighted by Gasteiger charge is 2.54. The molecule has 8 nitrogen and oxygen atoms in total. The first kappa shape index (κ1) is 22.7. The second kappa shape index (κ2) is 7.06. The molecule has 0 aromatic heterocycles. The van der Waals surface area contributed by atoms with Crippen molar-refractivity contribution < 1.29 is 19.6 Å². The van der Waals surface area contributed by atoms with Gasteiger partial charge in [-0.05, 0) is 40.5 Å². The van der Waals surface area contributed by atoms with Gasteiger partial charge in [-0.1, -0.05) is 0 Å². The lowest BCUT2D eigenvalue weighted by Gasteiger charge is -2.51. The minimum absolute atomic E-state index is 0.206. The molecular formula is C20H37N4O4+. The number of hydroxylamine groups is 2. The third kappa shape index (κ3) is 4.54. The van der Waals surface area contributed by atoms with Crippen LogP contribution in [0.5, 0.6) is 0 Å². The third-order valence-corrected chi connectivity index (χ3v) is 6.11. The number of hydrogen-bond donors (Lipinski definition) is 3. The maximum absolute atomic E-state index is 12.5. The summed E-state index contributed by atoms with van der Waals surface area (Å²) in [4.78, 5) is 37.5. The number of nitroso groups, excluding NO2 is 1. The lowest BCUT2D eigenvalue weighted by Crippen LogP contribution is -2.64. The summed E-state index contributed by atoms with van der Waals surface area (Å²) in [5, 5.41) is 17.4. The average molecular weight is 398 g/mol. The normalized spacial score (nSPS) is 27.2. The van der Waals surface area contributed by atoms with Gasteiger partial charge in [0.2, 0.25) is 11.1 Å². The van der Waals surface area contributed by atoms with Gasteiger partial charge in [0, 0.05) is 73.4 Å². The topological polar surface area (TPSA) is 102 Å². The molecule has 2 saturated heterocycles. The van der Waals surface area contributed by atoms with Crippen LogP contribution in [0, 0.1) is 4.91 Å². The molecule has 0 radical (unpaired) electrons. The van der Waals surface area contributed by atoms with E-state index >= 15 is 0 Å². The molecule has 0 aliphatic carbocycles. The molecule has 160 valence electrons. The maximum atomic E-state index is 12.5. The summed E-state index contributed by atoms with van der Waals surface area (Å²) in [7, 11) is 0. The lowest BCUT2D eigenvalue weighted by atomic mass is 9.79. The zero-order chi connectivity index (χ0) is 21.7. The molecule has 0 saturated carbocycles. The highest BCUT2D eigenvalue weighted by molar-refractivity contribution is 6.35.